The molecule has 0 bridgehead atoms. The van der Waals surface area contributed by atoms with Crippen molar-refractivity contribution in [1.82, 2.24) is 9.79 Å². The molecular weight excluding hydrogens is 234 g/mol. The summed E-state index contributed by atoms with van der Waals surface area (Å²) in [5.74, 6) is -0.426. The number of likely N-dealkylation sites (N-methyl/N-ethyl adjacent to an activating group) is 1. The molecule has 0 saturated carbocycles. The number of hydrogen-bond acceptors (Lipinski definition) is 5. The topological polar surface area (TPSA) is 102 Å². The molecule has 0 aliphatic carbocycles. The third-order valence-electron chi connectivity index (χ3n) is 2.63. The smallest absolute Gasteiger partial charge is 0.262 e. The van der Waals surface area contributed by atoms with Gasteiger partial charge in [0.05, 0.1) is 18.4 Å². The number of rotatable bonds is 4. The average Bonchev–Trinajstić information content (AvgIpc) is 2.56. The zero-order valence-electron chi connectivity index (χ0n) is 9.34. The van der Waals surface area contributed by atoms with Crippen LogP contribution < -0.4 is 10.5 Å². The van der Waals surface area contributed by atoms with Crippen molar-refractivity contribution in [3.05, 3.63) is 0 Å². The van der Waals surface area contributed by atoms with Gasteiger partial charge in [0.15, 0.2) is 0 Å². The van der Waals surface area contributed by atoms with Gasteiger partial charge < -0.3 is 5.73 Å². The van der Waals surface area contributed by atoms with E-state index in [1.54, 1.807) is 0 Å². The number of hydrogen-bond donors (Lipinski definition) is 2. The first-order valence-corrected chi connectivity index (χ1v) is 6.49. The molecule has 3 N–H and O–H groups in total. The molecule has 7 nitrogen and oxygen atoms in total. The van der Waals surface area contributed by atoms with Crippen molar-refractivity contribution in [1.29, 1.82) is 0 Å². The van der Waals surface area contributed by atoms with Gasteiger partial charge >= 0.3 is 0 Å². The Morgan fingerprint density at radius 1 is 1.69 bits per heavy atom. The number of amides is 1. The molecule has 2 unspecified atom stereocenters. The fraction of sp³-hybridized carbons (Fsp3) is 0.875. The van der Waals surface area contributed by atoms with Crippen LogP contribution in [0.15, 0.2) is 0 Å². The summed E-state index contributed by atoms with van der Waals surface area (Å²) in [7, 11) is -0.510. The van der Waals surface area contributed by atoms with Crippen molar-refractivity contribution < 1.29 is 18.0 Å². The number of hydroxylamine groups is 2. The second-order valence-electron chi connectivity index (χ2n) is 3.71. The van der Waals surface area contributed by atoms with Gasteiger partial charge in [0, 0.05) is 13.6 Å². The van der Waals surface area contributed by atoms with Gasteiger partial charge in [-0.3, -0.25) is 9.63 Å². The number of nitrogens with zero attached hydrogens (tertiary/aromatic N) is 1. The highest BCUT2D eigenvalue weighted by Crippen LogP contribution is 2.16. The first-order chi connectivity index (χ1) is 7.38. The van der Waals surface area contributed by atoms with Crippen LogP contribution in [0.3, 0.4) is 0 Å². The second-order valence-corrected chi connectivity index (χ2v) is 5.76. The van der Waals surface area contributed by atoms with Gasteiger partial charge in [-0.2, -0.15) is 0 Å². The molecule has 1 saturated heterocycles. The van der Waals surface area contributed by atoms with Crippen LogP contribution in [-0.4, -0.2) is 51.4 Å². The van der Waals surface area contributed by atoms with Crippen molar-refractivity contribution in [3.63, 3.8) is 0 Å². The van der Waals surface area contributed by atoms with Crippen molar-refractivity contribution in [2.75, 3.05) is 20.7 Å². The largest absolute Gasteiger partial charge is 0.320 e. The molecule has 2 atom stereocenters. The minimum Gasteiger partial charge on any atom is -0.320 e. The Bertz CT molecular complexity index is 356. The Morgan fingerprint density at radius 2 is 2.31 bits per heavy atom. The standard InChI is InChI=1S/C8H17N3O4S/c1-11(15-2)8(12)7(9)5-6-3-4-10-16(6,13)14/h6-7,10H,3-5,9H2,1-2H3. The second kappa shape index (κ2) is 5.09. The lowest BCUT2D eigenvalue weighted by molar-refractivity contribution is -0.170. The van der Waals surface area contributed by atoms with E-state index < -0.39 is 27.2 Å². The third kappa shape index (κ3) is 2.91. The summed E-state index contributed by atoms with van der Waals surface area (Å²) in [6, 6.07) is -0.857. The quantitative estimate of drug-likeness (QED) is 0.587. The third-order valence-corrected chi connectivity index (χ3v) is 4.54. The lowest BCUT2D eigenvalue weighted by atomic mass is 10.1. The maximum Gasteiger partial charge on any atom is 0.262 e. The van der Waals surface area contributed by atoms with E-state index in [4.69, 9.17) is 5.73 Å². The minimum absolute atomic E-state index is 0.113. The average molecular weight is 251 g/mol. The van der Waals surface area contributed by atoms with Crippen LogP contribution in [0.2, 0.25) is 0 Å². The minimum atomic E-state index is -3.29. The highest BCUT2D eigenvalue weighted by molar-refractivity contribution is 7.90. The molecule has 1 heterocycles. The lowest BCUT2D eigenvalue weighted by Gasteiger charge is -2.20. The Morgan fingerprint density at radius 3 is 2.75 bits per heavy atom. The highest BCUT2D eigenvalue weighted by Gasteiger charge is 2.34. The summed E-state index contributed by atoms with van der Waals surface area (Å²) in [6.45, 7) is 0.411. The molecule has 0 spiro atoms. The SMILES string of the molecule is CON(C)C(=O)C(N)CC1CCNS1(=O)=O. The van der Waals surface area contributed by atoms with E-state index in [0.717, 1.165) is 5.06 Å². The summed E-state index contributed by atoms with van der Waals surface area (Å²) < 4.78 is 25.3. The predicted octanol–water partition coefficient (Wildman–Crippen LogP) is -1.58. The van der Waals surface area contributed by atoms with E-state index in [0.29, 0.717) is 13.0 Å². The van der Waals surface area contributed by atoms with E-state index in [-0.39, 0.29) is 6.42 Å². The van der Waals surface area contributed by atoms with Gasteiger partial charge in [0.1, 0.15) is 0 Å². The van der Waals surface area contributed by atoms with E-state index >= 15 is 0 Å². The Balaban J connectivity index is 2.58. The van der Waals surface area contributed by atoms with Gasteiger partial charge in [-0.25, -0.2) is 18.2 Å². The maximum atomic E-state index is 11.5. The predicted molar refractivity (Wildman–Crippen MR) is 57.7 cm³/mol. The monoisotopic (exact) mass is 251 g/mol. The van der Waals surface area contributed by atoms with Crippen molar-refractivity contribution >= 4 is 15.9 Å². The molecule has 1 rings (SSSR count). The van der Waals surface area contributed by atoms with Crippen molar-refractivity contribution in [2.24, 2.45) is 5.73 Å². The Kier molecular flexibility index (Phi) is 4.25. The normalized spacial score (nSPS) is 25.3. The van der Waals surface area contributed by atoms with Crippen LogP contribution >= 0.6 is 0 Å². The van der Waals surface area contributed by atoms with Gasteiger partial charge in [-0.15, -0.1) is 0 Å². The van der Waals surface area contributed by atoms with Crippen LogP contribution in [0.4, 0.5) is 0 Å². The summed E-state index contributed by atoms with van der Waals surface area (Å²) in [5.41, 5.74) is 5.63. The van der Waals surface area contributed by atoms with E-state index in [9.17, 15) is 13.2 Å². The zero-order chi connectivity index (χ0) is 12.3. The fourth-order valence-corrected chi connectivity index (χ4v) is 3.11. The van der Waals surface area contributed by atoms with E-state index in [1.165, 1.54) is 14.2 Å². The molecule has 0 aromatic heterocycles. The highest BCUT2D eigenvalue weighted by atomic mass is 32.2. The zero-order valence-corrected chi connectivity index (χ0v) is 10.2. The maximum absolute atomic E-state index is 11.5. The van der Waals surface area contributed by atoms with Crippen molar-refractivity contribution in [2.45, 2.75) is 24.1 Å². The molecule has 1 fully saturated rings. The van der Waals surface area contributed by atoms with Crippen LogP contribution in [-0.2, 0) is 19.7 Å². The van der Waals surface area contributed by atoms with Gasteiger partial charge in [-0.1, -0.05) is 0 Å². The Hall–Kier alpha value is -0.700. The van der Waals surface area contributed by atoms with E-state index in [1.807, 2.05) is 0 Å². The number of nitrogens with two attached hydrogens (primary N) is 1. The van der Waals surface area contributed by atoms with Crippen LogP contribution in [0.25, 0.3) is 0 Å². The molecule has 1 amide bonds. The molecule has 1 aliphatic rings. The van der Waals surface area contributed by atoms with Crippen LogP contribution in [0.1, 0.15) is 12.8 Å². The van der Waals surface area contributed by atoms with Gasteiger partial charge in [-0.05, 0) is 12.8 Å². The molecule has 0 radical (unpaired) electrons. The lowest BCUT2D eigenvalue weighted by Crippen LogP contribution is -2.44. The number of carbonyl (C=O) groups excluding carboxylic acids is 1. The first-order valence-electron chi connectivity index (χ1n) is 4.94. The molecule has 1 aliphatic heterocycles. The van der Waals surface area contributed by atoms with Crippen LogP contribution in [0, 0.1) is 0 Å². The van der Waals surface area contributed by atoms with Crippen molar-refractivity contribution in [3.8, 4) is 0 Å². The summed E-state index contributed by atoms with van der Waals surface area (Å²) in [4.78, 5) is 16.2. The fourth-order valence-electron chi connectivity index (χ4n) is 1.59. The van der Waals surface area contributed by atoms with E-state index in [2.05, 4.69) is 9.56 Å². The van der Waals surface area contributed by atoms with Gasteiger partial charge in [0.2, 0.25) is 10.0 Å². The Labute approximate surface area is 94.9 Å². The molecule has 8 heteroatoms. The summed E-state index contributed by atoms with van der Waals surface area (Å²) >= 11 is 0. The van der Waals surface area contributed by atoms with Gasteiger partial charge in [0.25, 0.3) is 5.91 Å². The summed E-state index contributed by atoms with van der Waals surface area (Å²) in [6.07, 6.45) is 0.599. The number of carbonyl (C=O) groups is 1. The number of nitrogens with one attached hydrogen (secondary N) is 1. The molecule has 0 aromatic carbocycles. The summed E-state index contributed by atoms with van der Waals surface area (Å²) in [5, 5.41) is 0.413. The number of sulfonamides is 1. The molecule has 94 valence electrons. The molecule has 16 heavy (non-hydrogen) atoms. The first kappa shape index (κ1) is 13.4. The molecular formula is C8H17N3O4S. The van der Waals surface area contributed by atoms with Crippen LogP contribution in [0.5, 0.6) is 0 Å². The molecule has 0 aromatic rings.